The Morgan fingerprint density at radius 2 is 2.14 bits per heavy atom. The van der Waals surface area contributed by atoms with Crippen molar-refractivity contribution in [1.29, 1.82) is 0 Å². The number of carbonyl (C=O) groups excluding carboxylic acids is 1. The second-order valence-electron chi connectivity index (χ2n) is 8.12. The SMILES string of the molecule is [3H][C@H](O)[C@]12CCCC=C1CC[C@@H]1[C@@H]2CC[C@]2(C)C(=O)CC[C@@H]12. The second kappa shape index (κ2) is 4.68. The van der Waals surface area contributed by atoms with Crippen LogP contribution in [0.15, 0.2) is 11.6 Å². The average molecular weight is 290 g/mol. The van der Waals surface area contributed by atoms with E-state index in [0.717, 1.165) is 51.4 Å². The molecule has 2 nitrogen and oxygen atoms in total. The molecule has 6 atom stereocenters. The van der Waals surface area contributed by atoms with E-state index in [0.29, 0.717) is 23.5 Å². The number of fused-ring (bicyclic) bond motifs is 5. The number of hydrogen-bond donors (Lipinski definition) is 1. The van der Waals surface area contributed by atoms with Crippen molar-refractivity contribution in [1.82, 2.24) is 0 Å². The first-order valence-corrected chi connectivity index (χ1v) is 8.83. The molecule has 1 N–H and O–H groups in total. The Balaban J connectivity index is 1.74. The van der Waals surface area contributed by atoms with Gasteiger partial charge >= 0.3 is 0 Å². The van der Waals surface area contributed by atoms with Gasteiger partial charge in [0.15, 0.2) is 0 Å². The van der Waals surface area contributed by atoms with Crippen molar-refractivity contribution in [2.75, 3.05) is 6.58 Å². The number of hydrogen-bond acceptors (Lipinski definition) is 2. The molecular weight excluding hydrogens is 260 g/mol. The van der Waals surface area contributed by atoms with Crippen LogP contribution >= 0.6 is 0 Å². The van der Waals surface area contributed by atoms with Crippen LogP contribution < -0.4 is 0 Å². The van der Waals surface area contributed by atoms with E-state index >= 15 is 0 Å². The lowest BCUT2D eigenvalue weighted by Crippen LogP contribution is -2.52. The van der Waals surface area contributed by atoms with Gasteiger partial charge in [-0.3, -0.25) is 4.79 Å². The smallest absolute Gasteiger partial charge is 0.139 e. The van der Waals surface area contributed by atoms with Gasteiger partial charge in [-0.05, 0) is 69.1 Å². The molecule has 0 aromatic heterocycles. The monoisotopic (exact) mass is 290 g/mol. The Labute approximate surface area is 129 Å². The fourth-order valence-electron chi connectivity index (χ4n) is 6.45. The summed E-state index contributed by atoms with van der Waals surface area (Å²) in [6.07, 6.45) is 11.5. The van der Waals surface area contributed by atoms with E-state index in [1.807, 2.05) is 0 Å². The number of rotatable bonds is 1. The summed E-state index contributed by atoms with van der Waals surface area (Å²) in [7, 11) is 0. The van der Waals surface area contributed by atoms with Crippen molar-refractivity contribution in [3.63, 3.8) is 0 Å². The predicted molar refractivity (Wildman–Crippen MR) is 82.7 cm³/mol. The Morgan fingerprint density at radius 3 is 2.95 bits per heavy atom. The molecule has 0 radical (unpaired) electrons. The molecule has 0 bridgehead atoms. The first-order chi connectivity index (χ1) is 10.5. The maximum Gasteiger partial charge on any atom is 0.139 e. The molecule has 4 aliphatic carbocycles. The summed E-state index contributed by atoms with van der Waals surface area (Å²) in [5.41, 5.74) is 0.967. The number of carbonyl (C=O) groups is 1. The lowest BCUT2D eigenvalue weighted by molar-refractivity contribution is -0.133. The van der Waals surface area contributed by atoms with Crippen LogP contribution in [0.3, 0.4) is 0 Å². The van der Waals surface area contributed by atoms with Gasteiger partial charge in [-0.1, -0.05) is 18.6 Å². The van der Waals surface area contributed by atoms with Crippen LogP contribution in [-0.2, 0) is 4.79 Å². The summed E-state index contributed by atoms with van der Waals surface area (Å²) in [5.74, 6) is 1.93. The van der Waals surface area contributed by atoms with Crippen LogP contribution in [0.1, 0.15) is 66.1 Å². The number of ketones is 1. The van der Waals surface area contributed by atoms with Crippen LogP contribution in [0, 0.1) is 28.6 Å². The van der Waals surface area contributed by atoms with E-state index in [2.05, 4.69) is 13.0 Å². The van der Waals surface area contributed by atoms with Gasteiger partial charge in [-0.25, -0.2) is 0 Å². The molecular formula is C19H28O2. The molecule has 21 heavy (non-hydrogen) atoms. The number of aliphatic hydroxyl groups excluding tert-OH is 1. The van der Waals surface area contributed by atoms with Crippen molar-refractivity contribution >= 4 is 5.78 Å². The third kappa shape index (κ3) is 1.72. The molecule has 0 saturated heterocycles. The molecule has 0 spiro atoms. The Bertz CT molecular complexity index is 526. The first kappa shape index (κ1) is 12.9. The summed E-state index contributed by atoms with van der Waals surface area (Å²) in [6, 6.07) is 0. The van der Waals surface area contributed by atoms with Gasteiger partial charge in [0.05, 0.1) is 7.95 Å². The van der Waals surface area contributed by atoms with E-state index in [1.165, 1.54) is 12.0 Å². The van der Waals surface area contributed by atoms with Gasteiger partial charge in [0, 0.05) is 17.3 Å². The summed E-state index contributed by atoms with van der Waals surface area (Å²) < 4.78 is 8.24. The highest BCUT2D eigenvalue weighted by Crippen LogP contribution is 2.64. The zero-order chi connectivity index (χ0) is 15.5. The standard InChI is InChI=1S/C19H28O2/c1-18-11-9-16-14(15(18)7-8-17(18)21)6-5-13-4-2-3-10-19(13,16)12-20/h4,14-16,20H,2-3,5-12H2,1H3/t14-,15-,16-,18-,19+/m0/s1/i12T/t12-,14-,15-,16-,18-,19+. The fraction of sp³-hybridized carbons (Fsp3) is 0.842. The van der Waals surface area contributed by atoms with E-state index in [-0.39, 0.29) is 10.8 Å². The second-order valence-corrected chi connectivity index (χ2v) is 8.12. The predicted octanol–water partition coefficient (Wildman–Crippen LogP) is 3.88. The van der Waals surface area contributed by atoms with Crippen molar-refractivity contribution < 1.29 is 11.3 Å². The molecule has 0 heterocycles. The molecule has 0 unspecified atom stereocenters. The zero-order valence-electron chi connectivity index (χ0n) is 14.1. The summed E-state index contributed by atoms with van der Waals surface area (Å²) >= 11 is 0. The van der Waals surface area contributed by atoms with Crippen LogP contribution in [0.5, 0.6) is 0 Å². The molecule has 4 aliphatic rings. The van der Waals surface area contributed by atoms with Crippen LogP contribution in [0.4, 0.5) is 0 Å². The molecule has 4 rings (SSSR count). The quantitative estimate of drug-likeness (QED) is 0.744. The Morgan fingerprint density at radius 1 is 1.29 bits per heavy atom. The third-order valence-corrected chi connectivity index (χ3v) is 7.57. The fourth-order valence-corrected chi connectivity index (χ4v) is 6.45. The maximum absolute atomic E-state index is 12.4. The molecule has 116 valence electrons. The lowest BCUT2D eigenvalue weighted by Gasteiger charge is -2.57. The minimum absolute atomic E-state index is 0.106. The minimum Gasteiger partial charge on any atom is -0.395 e. The molecule has 2 heteroatoms. The lowest BCUT2D eigenvalue weighted by atomic mass is 9.47. The zero-order valence-corrected chi connectivity index (χ0v) is 13.1. The molecule has 0 aromatic carbocycles. The van der Waals surface area contributed by atoms with Gasteiger partial charge in [0.2, 0.25) is 0 Å². The largest absolute Gasteiger partial charge is 0.395 e. The van der Waals surface area contributed by atoms with Gasteiger partial charge < -0.3 is 5.11 Å². The highest BCUT2D eigenvalue weighted by atomic mass is 16.3. The van der Waals surface area contributed by atoms with Crippen molar-refractivity contribution in [2.24, 2.45) is 28.6 Å². The van der Waals surface area contributed by atoms with Gasteiger partial charge in [0.25, 0.3) is 0 Å². The number of Topliss-reactive ketones (excluding diaryl/α,β-unsaturated/α-hetero) is 1. The van der Waals surface area contributed by atoms with Crippen molar-refractivity contribution in [3.05, 3.63) is 11.6 Å². The molecule has 0 amide bonds. The third-order valence-electron chi connectivity index (χ3n) is 7.57. The topological polar surface area (TPSA) is 37.3 Å². The van der Waals surface area contributed by atoms with Gasteiger partial charge in [-0.2, -0.15) is 0 Å². The highest BCUT2D eigenvalue weighted by Gasteiger charge is 2.59. The summed E-state index contributed by atoms with van der Waals surface area (Å²) in [5, 5.41) is 10.4. The van der Waals surface area contributed by atoms with Gasteiger partial charge in [-0.15, -0.1) is 0 Å². The summed E-state index contributed by atoms with van der Waals surface area (Å²) in [4.78, 5) is 12.4. The Kier molecular flexibility index (Phi) is 2.87. The van der Waals surface area contributed by atoms with E-state index < -0.39 is 6.58 Å². The van der Waals surface area contributed by atoms with Crippen LogP contribution in [0.25, 0.3) is 0 Å². The number of allylic oxidation sites excluding steroid dienone is 1. The van der Waals surface area contributed by atoms with Crippen LogP contribution in [-0.4, -0.2) is 17.5 Å². The number of aliphatic hydroxyl groups is 1. The first-order valence-electron chi connectivity index (χ1n) is 9.41. The summed E-state index contributed by atoms with van der Waals surface area (Å²) in [6.45, 7) is 1.20. The molecule has 0 aromatic rings. The van der Waals surface area contributed by atoms with E-state index in [9.17, 15) is 9.90 Å². The molecule has 0 aliphatic heterocycles. The van der Waals surface area contributed by atoms with Gasteiger partial charge in [0.1, 0.15) is 5.78 Å². The normalized spacial score (nSPS) is 51.3. The average Bonchev–Trinajstić information content (AvgIpc) is 2.82. The highest BCUT2D eigenvalue weighted by molar-refractivity contribution is 5.87. The maximum atomic E-state index is 12.4. The van der Waals surface area contributed by atoms with Crippen molar-refractivity contribution in [3.8, 4) is 0 Å². The van der Waals surface area contributed by atoms with E-state index in [4.69, 9.17) is 1.37 Å². The van der Waals surface area contributed by atoms with Crippen molar-refractivity contribution in [2.45, 2.75) is 64.7 Å². The molecule has 3 fully saturated rings. The van der Waals surface area contributed by atoms with Crippen LogP contribution in [0.2, 0.25) is 0 Å². The Hall–Kier alpha value is -0.630. The van der Waals surface area contributed by atoms with E-state index in [1.54, 1.807) is 0 Å². The molecule has 3 saturated carbocycles. The minimum atomic E-state index is -0.992.